The van der Waals surface area contributed by atoms with Gasteiger partial charge in [0.25, 0.3) is 0 Å². The third-order valence-corrected chi connectivity index (χ3v) is 4.99. The van der Waals surface area contributed by atoms with Crippen LogP contribution in [0.3, 0.4) is 0 Å². The molecular formula is C15H23NO2S. The molecule has 0 radical (unpaired) electrons. The largest absolute Gasteiger partial charge is 0.462 e. The molecule has 0 bridgehead atoms. The molecule has 0 aromatic carbocycles. The fourth-order valence-electron chi connectivity index (χ4n) is 2.72. The number of hydrogen-bond donors (Lipinski definition) is 0. The maximum Gasteiger partial charge on any atom is 0.350 e. The fourth-order valence-corrected chi connectivity index (χ4v) is 3.66. The molecule has 3 nitrogen and oxygen atoms in total. The highest BCUT2D eigenvalue weighted by Gasteiger charge is 2.21. The zero-order chi connectivity index (χ0) is 13.7. The minimum absolute atomic E-state index is 0.193. The van der Waals surface area contributed by atoms with Crippen molar-refractivity contribution < 1.29 is 9.53 Å². The molecule has 0 aliphatic heterocycles. The number of hydrogen-bond acceptors (Lipinski definition) is 4. The summed E-state index contributed by atoms with van der Waals surface area (Å²) in [6.07, 6.45) is 8.41. The van der Waals surface area contributed by atoms with Gasteiger partial charge < -0.3 is 4.74 Å². The standard InChI is InChI=1S/C15H23NO2S/c1-3-13-16-12(10-9-11-7-5-6-8-11)14(19-13)15(17)18-4-2/h11H,3-10H2,1-2H3. The zero-order valence-corrected chi connectivity index (χ0v) is 12.7. The van der Waals surface area contributed by atoms with Gasteiger partial charge >= 0.3 is 5.97 Å². The van der Waals surface area contributed by atoms with Crippen molar-refractivity contribution in [2.24, 2.45) is 5.92 Å². The van der Waals surface area contributed by atoms with Crippen LogP contribution in [-0.2, 0) is 17.6 Å². The van der Waals surface area contributed by atoms with Gasteiger partial charge in [-0.2, -0.15) is 0 Å². The number of rotatable bonds is 6. The topological polar surface area (TPSA) is 39.2 Å². The number of aromatic nitrogens is 1. The summed E-state index contributed by atoms with van der Waals surface area (Å²) in [5.74, 6) is 0.642. The van der Waals surface area contributed by atoms with Crippen LogP contribution in [0.25, 0.3) is 0 Å². The Morgan fingerprint density at radius 1 is 1.37 bits per heavy atom. The summed E-state index contributed by atoms with van der Waals surface area (Å²) >= 11 is 1.50. The van der Waals surface area contributed by atoms with Gasteiger partial charge in [0.15, 0.2) is 0 Å². The summed E-state index contributed by atoms with van der Waals surface area (Å²) in [5.41, 5.74) is 0.965. The van der Waals surface area contributed by atoms with Gasteiger partial charge in [0, 0.05) is 0 Å². The molecule has 106 valence electrons. The molecule has 0 atom stereocenters. The van der Waals surface area contributed by atoms with E-state index in [1.807, 2.05) is 6.92 Å². The molecule has 19 heavy (non-hydrogen) atoms. The first-order valence-electron chi connectivity index (χ1n) is 7.40. The van der Waals surface area contributed by atoms with Crippen LogP contribution >= 0.6 is 11.3 Å². The molecule has 1 saturated carbocycles. The monoisotopic (exact) mass is 281 g/mol. The predicted molar refractivity (Wildman–Crippen MR) is 77.7 cm³/mol. The van der Waals surface area contributed by atoms with Crippen LogP contribution in [0, 0.1) is 5.92 Å². The third kappa shape index (κ3) is 3.78. The molecular weight excluding hydrogens is 258 g/mol. The first kappa shape index (κ1) is 14.5. The molecule has 4 heteroatoms. The highest BCUT2D eigenvalue weighted by atomic mass is 32.1. The van der Waals surface area contributed by atoms with Crippen molar-refractivity contribution in [3.05, 3.63) is 15.6 Å². The molecule has 1 aliphatic rings. The number of carbonyl (C=O) groups is 1. The van der Waals surface area contributed by atoms with E-state index < -0.39 is 0 Å². The lowest BCUT2D eigenvalue weighted by atomic mass is 10.0. The van der Waals surface area contributed by atoms with E-state index in [0.717, 1.165) is 34.3 Å². The van der Waals surface area contributed by atoms with Gasteiger partial charge in [-0.15, -0.1) is 11.3 Å². The van der Waals surface area contributed by atoms with Crippen molar-refractivity contribution in [2.75, 3.05) is 6.61 Å². The molecule has 0 spiro atoms. The highest BCUT2D eigenvalue weighted by Crippen LogP contribution is 2.30. The molecule has 1 fully saturated rings. The van der Waals surface area contributed by atoms with E-state index in [2.05, 4.69) is 11.9 Å². The molecule has 0 saturated heterocycles. The van der Waals surface area contributed by atoms with Gasteiger partial charge in [0.2, 0.25) is 0 Å². The first-order valence-corrected chi connectivity index (χ1v) is 8.21. The number of ether oxygens (including phenoxy) is 1. The van der Waals surface area contributed by atoms with E-state index in [4.69, 9.17) is 4.74 Å². The van der Waals surface area contributed by atoms with Crippen molar-refractivity contribution in [3.63, 3.8) is 0 Å². The molecule has 1 aliphatic carbocycles. The molecule has 0 unspecified atom stereocenters. The van der Waals surface area contributed by atoms with E-state index in [0.29, 0.717) is 6.61 Å². The molecule has 0 N–H and O–H groups in total. The van der Waals surface area contributed by atoms with Crippen LogP contribution < -0.4 is 0 Å². The van der Waals surface area contributed by atoms with Crippen molar-refractivity contribution in [1.29, 1.82) is 0 Å². The Bertz CT molecular complexity index is 422. The minimum Gasteiger partial charge on any atom is -0.462 e. The number of nitrogens with zero attached hydrogens (tertiary/aromatic N) is 1. The van der Waals surface area contributed by atoms with E-state index >= 15 is 0 Å². The van der Waals surface area contributed by atoms with Crippen molar-refractivity contribution in [1.82, 2.24) is 4.98 Å². The number of aryl methyl sites for hydroxylation is 2. The van der Waals surface area contributed by atoms with Gasteiger partial charge in [-0.3, -0.25) is 0 Å². The summed E-state index contributed by atoms with van der Waals surface area (Å²) in [5, 5.41) is 1.05. The lowest BCUT2D eigenvalue weighted by molar-refractivity contribution is 0.0530. The zero-order valence-electron chi connectivity index (χ0n) is 11.9. The molecule has 1 aromatic rings. The van der Waals surface area contributed by atoms with E-state index in [9.17, 15) is 4.79 Å². The average molecular weight is 281 g/mol. The van der Waals surface area contributed by atoms with Crippen LogP contribution in [-0.4, -0.2) is 17.6 Å². The Balaban J connectivity index is 2.04. The van der Waals surface area contributed by atoms with Crippen LogP contribution in [0.4, 0.5) is 0 Å². The van der Waals surface area contributed by atoms with Gasteiger partial charge in [-0.1, -0.05) is 32.6 Å². The van der Waals surface area contributed by atoms with E-state index in [1.165, 1.54) is 43.4 Å². The van der Waals surface area contributed by atoms with Crippen LogP contribution in [0.15, 0.2) is 0 Å². The van der Waals surface area contributed by atoms with Gasteiger partial charge in [-0.25, -0.2) is 9.78 Å². The number of thiazole rings is 1. The summed E-state index contributed by atoms with van der Waals surface area (Å²) in [4.78, 5) is 17.3. The predicted octanol–water partition coefficient (Wildman–Crippen LogP) is 4.01. The van der Waals surface area contributed by atoms with E-state index in [1.54, 1.807) is 0 Å². The van der Waals surface area contributed by atoms with Gasteiger partial charge in [0.05, 0.1) is 17.3 Å². The summed E-state index contributed by atoms with van der Waals surface area (Å²) < 4.78 is 5.13. The number of esters is 1. The Labute approximate surface area is 119 Å². The molecule has 0 amide bonds. The Kier molecular flexibility index (Phi) is 5.37. The highest BCUT2D eigenvalue weighted by molar-refractivity contribution is 7.13. The van der Waals surface area contributed by atoms with Crippen LogP contribution in [0.1, 0.15) is 66.3 Å². The second-order valence-electron chi connectivity index (χ2n) is 5.15. The van der Waals surface area contributed by atoms with Gasteiger partial charge in [0.1, 0.15) is 4.88 Å². The SMILES string of the molecule is CCOC(=O)c1sc(CC)nc1CCC1CCCC1. The Morgan fingerprint density at radius 3 is 2.74 bits per heavy atom. The second kappa shape index (κ2) is 7.04. The Hall–Kier alpha value is -0.900. The normalized spacial score (nSPS) is 15.9. The summed E-state index contributed by atoms with van der Waals surface area (Å²) in [6.45, 7) is 4.35. The minimum atomic E-state index is -0.193. The third-order valence-electron chi connectivity index (χ3n) is 3.77. The van der Waals surface area contributed by atoms with Crippen molar-refractivity contribution in [3.8, 4) is 0 Å². The summed E-state index contributed by atoms with van der Waals surface area (Å²) in [6, 6.07) is 0. The molecule has 1 aromatic heterocycles. The van der Waals surface area contributed by atoms with Crippen LogP contribution in [0.2, 0.25) is 0 Å². The summed E-state index contributed by atoms with van der Waals surface area (Å²) in [7, 11) is 0. The lowest BCUT2D eigenvalue weighted by Gasteiger charge is -2.07. The number of carbonyl (C=O) groups excluding carboxylic acids is 1. The quantitative estimate of drug-likeness (QED) is 0.740. The fraction of sp³-hybridized carbons (Fsp3) is 0.733. The average Bonchev–Trinajstić information content (AvgIpc) is 3.05. The molecule has 2 rings (SSSR count). The maximum absolute atomic E-state index is 11.9. The first-order chi connectivity index (χ1) is 9.24. The second-order valence-corrected chi connectivity index (χ2v) is 6.23. The lowest BCUT2D eigenvalue weighted by Crippen LogP contribution is -2.07. The Morgan fingerprint density at radius 2 is 2.11 bits per heavy atom. The van der Waals surface area contributed by atoms with Gasteiger partial charge in [-0.05, 0) is 32.1 Å². The van der Waals surface area contributed by atoms with Crippen molar-refractivity contribution in [2.45, 2.75) is 58.8 Å². The van der Waals surface area contributed by atoms with E-state index in [-0.39, 0.29) is 5.97 Å². The molecule has 1 heterocycles. The van der Waals surface area contributed by atoms with Crippen molar-refractivity contribution >= 4 is 17.3 Å². The smallest absolute Gasteiger partial charge is 0.350 e. The van der Waals surface area contributed by atoms with Crippen LogP contribution in [0.5, 0.6) is 0 Å². The maximum atomic E-state index is 11.9.